The molecule has 1 atom stereocenters. The number of amides is 1. The molecule has 7 nitrogen and oxygen atoms in total. The Balaban J connectivity index is 2.19. The van der Waals surface area contributed by atoms with Gasteiger partial charge in [-0.2, -0.15) is 5.10 Å². The Morgan fingerprint density at radius 2 is 2.19 bits per heavy atom. The molecule has 0 fully saturated rings. The summed E-state index contributed by atoms with van der Waals surface area (Å²) in [7, 11) is 1.27. The number of hydrogen-bond acceptors (Lipinski definition) is 5. The number of hydrogen-bond donors (Lipinski definition) is 1. The standard InChI is InChI=1S/C14H16N4O3/c1-9-12(13(19)16-10(2)14(20)21-3)8-18(17-9)11-5-4-6-15-7-11/h4-8,10H,1-3H3,(H,16,19). The number of rotatable bonds is 4. The third kappa shape index (κ3) is 3.25. The lowest BCUT2D eigenvalue weighted by Gasteiger charge is -2.10. The minimum atomic E-state index is -0.719. The second-order valence-electron chi connectivity index (χ2n) is 4.50. The van der Waals surface area contributed by atoms with Crippen LogP contribution in [0.25, 0.3) is 5.69 Å². The van der Waals surface area contributed by atoms with E-state index in [1.54, 1.807) is 43.2 Å². The van der Waals surface area contributed by atoms with E-state index in [1.807, 2.05) is 6.07 Å². The van der Waals surface area contributed by atoms with Gasteiger partial charge in [0.2, 0.25) is 0 Å². The van der Waals surface area contributed by atoms with Gasteiger partial charge in [0.25, 0.3) is 5.91 Å². The number of nitrogens with zero attached hydrogens (tertiary/aromatic N) is 3. The molecule has 0 saturated heterocycles. The summed E-state index contributed by atoms with van der Waals surface area (Å²) in [6, 6.07) is 2.90. The lowest BCUT2D eigenvalue weighted by atomic mass is 10.2. The number of pyridine rings is 1. The summed E-state index contributed by atoms with van der Waals surface area (Å²) in [6.07, 6.45) is 4.91. The van der Waals surface area contributed by atoms with Crippen molar-refractivity contribution >= 4 is 11.9 Å². The van der Waals surface area contributed by atoms with Gasteiger partial charge in [-0.1, -0.05) is 0 Å². The summed E-state index contributed by atoms with van der Waals surface area (Å²) >= 11 is 0. The van der Waals surface area contributed by atoms with Crippen LogP contribution >= 0.6 is 0 Å². The van der Waals surface area contributed by atoms with Crippen molar-refractivity contribution in [2.45, 2.75) is 19.9 Å². The highest BCUT2D eigenvalue weighted by molar-refractivity contribution is 5.97. The average molecular weight is 288 g/mol. The van der Waals surface area contributed by atoms with Crippen LogP contribution in [0.2, 0.25) is 0 Å². The first kappa shape index (κ1) is 14.7. The molecule has 2 aromatic heterocycles. The molecule has 110 valence electrons. The molecule has 2 heterocycles. The Morgan fingerprint density at radius 3 is 2.81 bits per heavy atom. The molecule has 0 spiro atoms. The first-order valence-electron chi connectivity index (χ1n) is 6.38. The molecular formula is C14H16N4O3. The van der Waals surface area contributed by atoms with Crippen LogP contribution < -0.4 is 5.32 Å². The molecule has 2 aromatic rings. The third-order valence-electron chi connectivity index (χ3n) is 2.96. The average Bonchev–Trinajstić information content (AvgIpc) is 2.89. The predicted octanol–water partition coefficient (Wildman–Crippen LogP) is 0.867. The summed E-state index contributed by atoms with van der Waals surface area (Å²) in [5.74, 6) is -0.874. The fraction of sp³-hybridized carbons (Fsp3) is 0.286. The molecule has 2 rings (SSSR count). The molecule has 0 aliphatic carbocycles. The second kappa shape index (κ2) is 6.17. The Bertz CT molecular complexity index is 651. The highest BCUT2D eigenvalue weighted by atomic mass is 16.5. The van der Waals surface area contributed by atoms with Crippen molar-refractivity contribution in [1.82, 2.24) is 20.1 Å². The Kier molecular flexibility index (Phi) is 4.32. The predicted molar refractivity (Wildman–Crippen MR) is 75.0 cm³/mol. The van der Waals surface area contributed by atoms with Crippen LogP contribution in [0.1, 0.15) is 23.0 Å². The zero-order valence-corrected chi connectivity index (χ0v) is 12.0. The molecule has 0 radical (unpaired) electrons. The zero-order chi connectivity index (χ0) is 15.4. The van der Waals surface area contributed by atoms with E-state index in [-0.39, 0.29) is 5.91 Å². The van der Waals surface area contributed by atoms with E-state index in [0.29, 0.717) is 11.3 Å². The molecule has 0 aliphatic rings. The number of carbonyl (C=O) groups is 2. The van der Waals surface area contributed by atoms with Crippen molar-refractivity contribution in [2.75, 3.05) is 7.11 Å². The monoisotopic (exact) mass is 288 g/mol. The van der Waals surface area contributed by atoms with Gasteiger partial charge in [-0.15, -0.1) is 0 Å². The minimum Gasteiger partial charge on any atom is -0.467 e. The zero-order valence-electron chi connectivity index (χ0n) is 12.0. The fourth-order valence-corrected chi connectivity index (χ4v) is 1.81. The molecule has 0 aliphatic heterocycles. The van der Waals surface area contributed by atoms with Gasteiger partial charge in [0.05, 0.1) is 30.3 Å². The summed E-state index contributed by atoms with van der Waals surface area (Å²) in [4.78, 5) is 27.5. The molecule has 0 saturated carbocycles. The molecule has 0 bridgehead atoms. The van der Waals surface area contributed by atoms with Crippen LogP contribution in [0.4, 0.5) is 0 Å². The summed E-state index contributed by atoms with van der Waals surface area (Å²) < 4.78 is 6.14. The quantitative estimate of drug-likeness (QED) is 0.844. The van der Waals surface area contributed by atoms with Crippen molar-refractivity contribution in [3.8, 4) is 5.69 Å². The maximum Gasteiger partial charge on any atom is 0.328 e. The highest BCUT2D eigenvalue weighted by Gasteiger charge is 2.20. The number of methoxy groups -OCH3 is 1. The van der Waals surface area contributed by atoms with Crippen LogP contribution in [-0.4, -0.2) is 39.8 Å². The van der Waals surface area contributed by atoms with Crippen LogP contribution in [0.15, 0.2) is 30.7 Å². The van der Waals surface area contributed by atoms with Gasteiger partial charge in [-0.05, 0) is 26.0 Å². The van der Waals surface area contributed by atoms with Crippen molar-refractivity contribution in [3.63, 3.8) is 0 Å². The normalized spacial score (nSPS) is 11.8. The molecule has 1 amide bonds. The van der Waals surface area contributed by atoms with E-state index in [0.717, 1.165) is 5.69 Å². The Labute approximate surface area is 121 Å². The molecule has 1 unspecified atom stereocenters. The highest BCUT2D eigenvalue weighted by Crippen LogP contribution is 2.11. The van der Waals surface area contributed by atoms with E-state index in [1.165, 1.54) is 7.11 Å². The van der Waals surface area contributed by atoms with Gasteiger partial charge in [0.1, 0.15) is 6.04 Å². The van der Waals surface area contributed by atoms with Crippen LogP contribution in [-0.2, 0) is 9.53 Å². The van der Waals surface area contributed by atoms with Gasteiger partial charge in [-0.25, -0.2) is 9.48 Å². The molecule has 0 aromatic carbocycles. The van der Waals surface area contributed by atoms with Crippen LogP contribution in [0.3, 0.4) is 0 Å². The smallest absolute Gasteiger partial charge is 0.328 e. The van der Waals surface area contributed by atoms with Gasteiger partial charge in [0.15, 0.2) is 0 Å². The molecule has 1 N–H and O–H groups in total. The lowest BCUT2D eigenvalue weighted by molar-refractivity contribution is -0.142. The van der Waals surface area contributed by atoms with Crippen LogP contribution in [0, 0.1) is 6.92 Å². The van der Waals surface area contributed by atoms with Gasteiger partial charge in [0, 0.05) is 12.4 Å². The van der Waals surface area contributed by atoms with Crippen molar-refractivity contribution in [2.24, 2.45) is 0 Å². The number of nitrogens with one attached hydrogen (secondary N) is 1. The maximum absolute atomic E-state index is 12.2. The number of aromatic nitrogens is 3. The van der Waals surface area contributed by atoms with E-state index < -0.39 is 12.0 Å². The van der Waals surface area contributed by atoms with Gasteiger partial charge < -0.3 is 10.1 Å². The van der Waals surface area contributed by atoms with Gasteiger partial charge in [-0.3, -0.25) is 9.78 Å². The Hall–Kier alpha value is -2.70. The number of ether oxygens (including phenoxy) is 1. The van der Waals surface area contributed by atoms with E-state index in [4.69, 9.17) is 0 Å². The third-order valence-corrected chi connectivity index (χ3v) is 2.96. The Morgan fingerprint density at radius 1 is 1.43 bits per heavy atom. The van der Waals surface area contributed by atoms with E-state index >= 15 is 0 Å². The second-order valence-corrected chi connectivity index (χ2v) is 4.50. The maximum atomic E-state index is 12.2. The summed E-state index contributed by atoms with van der Waals surface area (Å²) in [5.41, 5.74) is 1.71. The number of aryl methyl sites for hydroxylation is 1. The molecule has 7 heteroatoms. The topological polar surface area (TPSA) is 86.1 Å². The van der Waals surface area contributed by atoms with E-state index in [9.17, 15) is 9.59 Å². The summed E-state index contributed by atoms with van der Waals surface area (Å²) in [5, 5.41) is 6.84. The van der Waals surface area contributed by atoms with Crippen molar-refractivity contribution < 1.29 is 14.3 Å². The van der Waals surface area contributed by atoms with Crippen LogP contribution in [0.5, 0.6) is 0 Å². The molecule has 21 heavy (non-hydrogen) atoms. The lowest BCUT2D eigenvalue weighted by Crippen LogP contribution is -2.39. The molecular weight excluding hydrogens is 272 g/mol. The first-order chi connectivity index (χ1) is 10.0. The first-order valence-corrected chi connectivity index (χ1v) is 6.38. The van der Waals surface area contributed by atoms with E-state index in [2.05, 4.69) is 20.1 Å². The number of esters is 1. The largest absolute Gasteiger partial charge is 0.467 e. The minimum absolute atomic E-state index is 0.374. The van der Waals surface area contributed by atoms with Crippen molar-refractivity contribution in [3.05, 3.63) is 42.0 Å². The SMILES string of the molecule is COC(=O)C(C)NC(=O)c1cn(-c2cccnc2)nc1C. The van der Waals surface area contributed by atoms with Crippen molar-refractivity contribution in [1.29, 1.82) is 0 Å². The van der Waals surface area contributed by atoms with Gasteiger partial charge >= 0.3 is 5.97 Å². The fourth-order valence-electron chi connectivity index (χ4n) is 1.81. The number of carbonyl (C=O) groups excluding carboxylic acids is 2. The summed E-state index contributed by atoms with van der Waals surface area (Å²) in [6.45, 7) is 3.29.